The Balaban J connectivity index is 1.60. The highest BCUT2D eigenvalue weighted by atomic mass is 19.1. The van der Waals surface area contributed by atoms with Crippen LogP contribution in [-0.2, 0) is 13.0 Å². The number of ketones is 1. The summed E-state index contributed by atoms with van der Waals surface area (Å²) in [6, 6.07) is 12.2. The predicted octanol–water partition coefficient (Wildman–Crippen LogP) is 4.22. The molecule has 6 heteroatoms. The predicted molar refractivity (Wildman–Crippen MR) is 93.4 cm³/mol. The van der Waals surface area contributed by atoms with Gasteiger partial charge in [0.15, 0.2) is 18.2 Å². The van der Waals surface area contributed by atoms with Crippen LogP contribution in [0.3, 0.4) is 0 Å². The van der Waals surface area contributed by atoms with E-state index in [1.54, 1.807) is 24.3 Å². The van der Waals surface area contributed by atoms with Gasteiger partial charge in [0.1, 0.15) is 11.6 Å². The quantitative estimate of drug-likeness (QED) is 0.595. The summed E-state index contributed by atoms with van der Waals surface area (Å²) in [6.07, 6.45) is 0.754. The Morgan fingerprint density at radius 3 is 2.31 bits per heavy atom. The summed E-state index contributed by atoms with van der Waals surface area (Å²) in [5.41, 5.74) is 0.935. The van der Waals surface area contributed by atoms with Crippen LogP contribution in [0.2, 0.25) is 0 Å². The summed E-state index contributed by atoms with van der Waals surface area (Å²) in [6.45, 7) is 4.33. The Morgan fingerprint density at radius 2 is 1.69 bits per heavy atom. The zero-order valence-electron chi connectivity index (χ0n) is 14.6. The molecule has 134 valence electrons. The molecule has 26 heavy (non-hydrogen) atoms. The first-order valence-corrected chi connectivity index (χ1v) is 8.36. The number of hydrogen-bond donors (Lipinski definition) is 0. The Bertz CT molecular complexity index is 871. The van der Waals surface area contributed by atoms with Crippen LogP contribution in [0.4, 0.5) is 4.39 Å². The van der Waals surface area contributed by atoms with Crippen LogP contribution in [0, 0.1) is 11.7 Å². The average Bonchev–Trinajstić information content (AvgIpc) is 3.07. The first-order chi connectivity index (χ1) is 12.5. The second kappa shape index (κ2) is 7.91. The second-order valence-corrected chi connectivity index (χ2v) is 6.35. The largest absolute Gasteiger partial charge is 0.484 e. The average molecular weight is 354 g/mol. The zero-order chi connectivity index (χ0) is 18.5. The van der Waals surface area contributed by atoms with Gasteiger partial charge in [0.05, 0.1) is 0 Å². The van der Waals surface area contributed by atoms with Crippen LogP contribution in [0.5, 0.6) is 5.75 Å². The first kappa shape index (κ1) is 17.8. The van der Waals surface area contributed by atoms with E-state index in [1.807, 2.05) is 0 Å². The molecule has 3 rings (SSSR count). The topological polar surface area (TPSA) is 65.2 Å². The maximum absolute atomic E-state index is 12.9. The number of benzene rings is 2. The summed E-state index contributed by atoms with van der Waals surface area (Å²) < 4.78 is 23.7. The number of aromatic nitrogens is 2. The molecule has 2 aromatic carbocycles. The van der Waals surface area contributed by atoms with Crippen LogP contribution in [0.1, 0.15) is 41.5 Å². The fraction of sp³-hybridized carbons (Fsp3) is 0.250. The van der Waals surface area contributed by atoms with Gasteiger partial charge in [-0.05, 0) is 54.4 Å². The highest BCUT2D eigenvalue weighted by molar-refractivity contribution is 6.08. The number of carbonyl (C=O) groups excluding carboxylic acids is 1. The normalized spacial score (nSPS) is 10.9. The third-order valence-corrected chi connectivity index (χ3v) is 3.69. The number of ether oxygens (including phenoxy) is 1. The fourth-order valence-corrected chi connectivity index (χ4v) is 2.41. The lowest BCUT2D eigenvalue weighted by atomic mass is 10.0. The fourth-order valence-electron chi connectivity index (χ4n) is 2.41. The molecule has 0 aliphatic heterocycles. The van der Waals surface area contributed by atoms with Crippen molar-refractivity contribution in [1.29, 1.82) is 0 Å². The van der Waals surface area contributed by atoms with Gasteiger partial charge in [-0.1, -0.05) is 19.0 Å². The Hall–Kier alpha value is -3.02. The minimum atomic E-state index is -0.372. The Kier molecular flexibility index (Phi) is 5.41. The number of hydrogen-bond acceptors (Lipinski definition) is 5. The molecule has 1 heterocycles. The van der Waals surface area contributed by atoms with E-state index in [2.05, 4.69) is 24.0 Å². The smallest absolute Gasteiger partial charge is 0.264 e. The summed E-state index contributed by atoms with van der Waals surface area (Å²) in [5.74, 6) is 1.57. The van der Waals surface area contributed by atoms with Gasteiger partial charge in [-0.15, -0.1) is 0 Å². The lowest BCUT2D eigenvalue weighted by Crippen LogP contribution is -2.02. The number of nitrogens with zero attached hydrogens (tertiary/aromatic N) is 2. The van der Waals surface area contributed by atoms with Crippen LogP contribution < -0.4 is 4.74 Å². The van der Waals surface area contributed by atoms with Gasteiger partial charge >= 0.3 is 0 Å². The van der Waals surface area contributed by atoms with Crippen molar-refractivity contribution in [3.8, 4) is 5.75 Å². The highest BCUT2D eigenvalue weighted by Crippen LogP contribution is 2.17. The van der Waals surface area contributed by atoms with E-state index < -0.39 is 0 Å². The Morgan fingerprint density at radius 1 is 1.08 bits per heavy atom. The zero-order valence-corrected chi connectivity index (χ0v) is 14.6. The molecule has 3 aromatic rings. The van der Waals surface area contributed by atoms with Crippen molar-refractivity contribution in [2.75, 3.05) is 0 Å². The molecule has 0 saturated carbocycles. The first-order valence-electron chi connectivity index (χ1n) is 8.36. The summed E-state index contributed by atoms with van der Waals surface area (Å²) in [4.78, 5) is 16.6. The van der Waals surface area contributed by atoms with E-state index in [0.717, 1.165) is 6.42 Å². The lowest BCUT2D eigenvalue weighted by Gasteiger charge is -2.05. The minimum Gasteiger partial charge on any atom is -0.484 e. The maximum atomic E-state index is 12.9. The maximum Gasteiger partial charge on any atom is 0.264 e. The van der Waals surface area contributed by atoms with Crippen LogP contribution in [0.15, 0.2) is 53.1 Å². The SMILES string of the molecule is CC(C)Cc1noc(COc2ccc(C(=O)c3ccc(F)cc3)cc2)n1. The lowest BCUT2D eigenvalue weighted by molar-refractivity contribution is 0.103. The molecule has 5 nitrogen and oxygen atoms in total. The van der Waals surface area contributed by atoms with Crippen LogP contribution in [-0.4, -0.2) is 15.9 Å². The molecule has 0 aliphatic rings. The van der Waals surface area contributed by atoms with Gasteiger partial charge in [0.25, 0.3) is 5.89 Å². The van der Waals surface area contributed by atoms with E-state index in [9.17, 15) is 9.18 Å². The van der Waals surface area contributed by atoms with Gasteiger partial charge in [-0.25, -0.2) is 4.39 Å². The van der Waals surface area contributed by atoms with Crippen molar-refractivity contribution >= 4 is 5.78 Å². The van der Waals surface area contributed by atoms with E-state index in [0.29, 0.717) is 34.5 Å². The molecule has 1 aromatic heterocycles. The third-order valence-electron chi connectivity index (χ3n) is 3.69. The summed E-state index contributed by atoms with van der Waals surface area (Å²) in [5, 5.41) is 3.91. The molecule has 0 aliphatic carbocycles. The van der Waals surface area contributed by atoms with Gasteiger partial charge in [0, 0.05) is 17.5 Å². The van der Waals surface area contributed by atoms with Gasteiger partial charge in [-0.2, -0.15) is 4.98 Å². The summed E-state index contributed by atoms with van der Waals surface area (Å²) in [7, 11) is 0. The number of halogens is 1. The third kappa shape index (κ3) is 4.53. The van der Waals surface area contributed by atoms with E-state index in [1.165, 1.54) is 24.3 Å². The molecule has 0 radical (unpaired) electrons. The van der Waals surface area contributed by atoms with Crippen molar-refractivity contribution in [3.05, 3.63) is 77.2 Å². The van der Waals surface area contributed by atoms with Crippen LogP contribution in [0.25, 0.3) is 0 Å². The van der Waals surface area contributed by atoms with Gasteiger partial charge in [0.2, 0.25) is 0 Å². The summed E-state index contributed by atoms with van der Waals surface area (Å²) >= 11 is 0. The van der Waals surface area contributed by atoms with Crippen molar-refractivity contribution in [2.24, 2.45) is 5.92 Å². The second-order valence-electron chi connectivity index (χ2n) is 6.35. The van der Waals surface area contributed by atoms with Crippen molar-refractivity contribution in [2.45, 2.75) is 26.9 Å². The van der Waals surface area contributed by atoms with E-state index >= 15 is 0 Å². The standard InChI is InChI=1S/C20H19FN2O3/c1-13(2)11-18-22-19(26-23-18)12-25-17-9-5-15(6-10-17)20(24)14-3-7-16(21)8-4-14/h3-10,13H,11-12H2,1-2H3. The number of rotatable bonds is 7. The van der Waals surface area contributed by atoms with E-state index in [-0.39, 0.29) is 18.2 Å². The molecule has 0 spiro atoms. The van der Waals surface area contributed by atoms with Crippen molar-refractivity contribution < 1.29 is 18.4 Å². The molecular formula is C20H19FN2O3. The van der Waals surface area contributed by atoms with Gasteiger partial charge in [-0.3, -0.25) is 4.79 Å². The minimum absolute atomic E-state index is 0.163. The number of carbonyl (C=O) groups is 1. The molecule has 0 atom stereocenters. The van der Waals surface area contributed by atoms with Crippen molar-refractivity contribution in [3.63, 3.8) is 0 Å². The Labute approximate surface area is 150 Å². The molecule has 0 unspecified atom stereocenters. The molecule has 0 amide bonds. The molecule has 0 saturated heterocycles. The monoisotopic (exact) mass is 354 g/mol. The highest BCUT2D eigenvalue weighted by Gasteiger charge is 2.11. The van der Waals surface area contributed by atoms with Gasteiger partial charge < -0.3 is 9.26 Å². The van der Waals surface area contributed by atoms with E-state index in [4.69, 9.17) is 9.26 Å². The molecule has 0 fully saturated rings. The van der Waals surface area contributed by atoms with Crippen molar-refractivity contribution in [1.82, 2.24) is 10.1 Å². The molecular weight excluding hydrogens is 335 g/mol. The van der Waals surface area contributed by atoms with Crippen LogP contribution >= 0.6 is 0 Å². The molecule has 0 bridgehead atoms. The molecule has 0 N–H and O–H groups in total.